The van der Waals surface area contributed by atoms with E-state index in [0.29, 0.717) is 6.54 Å². The zero-order valence-electron chi connectivity index (χ0n) is 12.4. The lowest BCUT2D eigenvalue weighted by atomic mass is 10.0. The van der Waals surface area contributed by atoms with E-state index in [2.05, 4.69) is 42.3 Å². The van der Waals surface area contributed by atoms with Crippen LogP contribution in [0.1, 0.15) is 18.5 Å². The second kappa shape index (κ2) is 7.48. The molecule has 2 aromatic carbocycles. The van der Waals surface area contributed by atoms with Gasteiger partial charge in [-0.05, 0) is 55.1 Å². The van der Waals surface area contributed by atoms with E-state index in [1.165, 1.54) is 22.6 Å². The average Bonchev–Trinajstić information content (AvgIpc) is 2.54. The highest BCUT2D eigenvalue weighted by Gasteiger charge is 2.18. The molecule has 2 nitrogen and oxygen atoms in total. The Morgan fingerprint density at radius 1 is 1.10 bits per heavy atom. The number of anilines is 1. The summed E-state index contributed by atoms with van der Waals surface area (Å²) >= 11 is 1.72. The van der Waals surface area contributed by atoms with Crippen LogP contribution in [0.25, 0.3) is 0 Å². The van der Waals surface area contributed by atoms with Crippen LogP contribution in [-0.2, 0) is 0 Å². The number of rotatable bonds is 6. The van der Waals surface area contributed by atoms with Gasteiger partial charge in [0.2, 0.25) is 0 Å². The van der Waals surface area contributed by atoms with Crippen LogP contribution in [0.15, 0.2) is 53.4 Å². The maximum Gasteiger partial charge on any atom is 0.123 e. The van der Waals surface area contributed by atoms with Gasteiger partial charge in [0.25, 0.3) is 0 Å². The predicted octanol–water partition coefficient (Wildman–Crippen LogP) is 4.07. The van der Waals surface area contributed by atoms with E-state index >= 15 is 0 Å². The monoisotopic (exact) mass is 304 g/mol. The molecule has 0 amide bonds. The molecule has 0 fully saturated rings. The van der Waals surface area contributed by atoms with Crippen molar-refractivity contribution >= 4 is 17.4 Å². The second-order valence-electron chi connectivity index (χ2n) is 4.79. The van der Waals surface area contributed by atoms with Crippen molar-refractivity contribution in [2.45, 2.75) is 17.9 Å². The average molecular weight is 304 g/mol. The fraction of sp³-hybridized carbons (Fsp3) is 0.294. The van der Waals surface area contributed by atoms with Crippen molar-refractivity contribution in [3.05, 3.63) is 59.9 Å². The van der Waals surface area contributed by atoms with E-state index in [9.17, 15) is 4.39 Å². The number of likely N-dealkylation sites (N-methyl/N-ethyl adjacent to an activating group) is 1. The summed E-state index contributed by atoms with van der Waals surface area (Å²) in [6, 6.07) is 15.1. The molecule has 0 aromatic heterocycles. The van der Waals surface area contributed by atoms with Crippen LogP contribution in [0.2, 0.25) is 0 Å². The van der Waals surface area contributed by atoms with Gasteiger partial charge in [-0.1, -0.05) is 12.1 Å². The Balaban J connectivity index is 2.29. The first kappa shape index (κ1) is 15.9. The second-order valence-corrected chi connectivity index (χ2v) is 5.67. The Morgan fingerprint density at radius 2 is 1.71 bits per heavy atom. The molecule has 4 heteroatoms. The molecular weight excluding hydrogens is 283 g/mol. The largest absolute Gasteiger partial charge is 0.363 e. The summed E-state index contributed by atoms with van der Waals surface area (Å²) in [6.07, 6.45) is 2.06. The summed E-state index contributed by atoms with van der Waals surface area (Å²) in [5, 5.41) is 0. The minimum Gasteiger partial charge on any atom is -0.363 e. The van der Waals surface area contributed by atoms with Gasteiger partial charge in [0, 0.05) is 23.7 Å². The topological polar surface area (TPSA) is 29.3 Å². The van der Waals surface area contributed by atoms with Crippen LogP contribution >= 0.6 is 11.8 Å². The zero-order valence-corrected chi connectivity index (χ0v) is 13.2. The number of benzene rings is 2. The number of hydrogen-bond acceptors (Lipinski definition) is 3. The van der Waals surface area contributed by atoms with Crippen LogP contribution in [-0.4, -0.2) is 19.3 Å². The van der Waals surface area contributed by atoms with E-state index in [-0.39, 0.29) is 11.9 Å². The highest BCUT2D eigenvalue weighted by molar-refractivity contribution is 7.98. The Labute approximate surface area is 130 Å². The molecule has 1 atom stereocenters. The molecule has 0 radical (unpaired) electrons. The third-order valence-corrected chi connectivity index (χ3v) is 4.34. The number of hydrogen-bond donors (Lipinski definition) is 1. The SMILES string of the molecule is CCN(c1ccc(F)cc1)C(CN)c1ccc(SC)cc1. The van der Waals surface area contributed by atoms with Gasteiger partial charge in [0.05, 0.1) is 6.04 Å². The number of thioether (sulfide) groups is 1. The van der Waals surface area contributed by atoms with E-state index in [4.69, 9.17) is 5.73 Å². The molecule has 0 aliphatic carbocycles. The highest BCUT2D eigenvalue weighted by Crippen LogP contribution is 2.27. The van der Waals surface area contributed by atoms with E-state index in [1.54, 1.807) is 23.9 Å². The van der Waals surface area contributed by atoms with Gasteiger partial charge in [-0.25, -0.2) is 4.39 Å². The molecule has 21 heavy (non-hydrogen) atoms. The maximum atomic E-state index is 13.1. The Hall–Kier alpha value is -1.52. The van der Waals surface area contributed by atoms with Crippen molar-refractivity contribution in [2.24, 2.45) is 5.73 Å². The molecule has 0 spiro atoms. The molecule has 0 bridgehead atoms. The first-order valence-corrected chi connectivity index (χ1v) is 8.28. The third-order valence-electron chi connectivity index (χ3n) is 3.60. The molecule has 0 saturated heterocycles. The van der Waals surface area contributed by atoms with Gasteiger partial charge >= 0.3 is 0 Å². The van der Waals surface area contributed by atoms with Crippen molar-refractivity contribution in [1.29, 1.82) is 0 Å². The summed E-state index contributed by atoms with van der Waals surface area (Å²) in [7, 11) is 0. The minimum atomic E-state index is -0.219. The van der Waals surface area contributed by atoms with Gasteiger partial charge in [-0.3, -0.25) is 0 Å². The molecular formula is C17H21FN2S. The van der Waals surface area contributed by atoms with Gasteiger partial charge in [-0.2, -0.15) is 0 Å². The Morgan fingerprint density at radius 3 is 2.19 bits per heavy atom. The van der Waals surface area contributed by atoms with Crippen LogP contribution in [0.5, 0.6) is 0 Å². The summed E-state index contributed by atoms with van der Waals surface area (Å²) in [4.78, 5) is 3.44. The van der Waals surface area contributed by atoms with Crippen LogP contribution in [0.3, 0.4) is 0 Å². The highest BCUT2D eigenvalue weighted by atomic mass is 32.2. The molecule has 2 N–H and O–H groups in total. The van der Waals surface area contributed by atoms with Crippen molar-refractivity contribution in [3.63, 3.8) is 0 Å². The summed E-state index contributed by atoms with van der Waals surface area (Å²) in [5.74, 6) is -0.219. The normalized spacial score (nSPS) is 12.2. The van der Waals surface area contributed by atoms with Crippen LogP contribution < -0.4 is 10.6 Å². The number of halogens is 1. The molecule has 0 aliphatic heterocycles. The van der Waals surface area contributed by atoms with E-state index < -0.39 is 0 Å². The summed E-state index contributed by atoms with van der Waals surface area (Å²) in [5.41, 5.74) is 8.17. The summed E-state index contributed by atoms with van der Waals surface area (Å²) in [6.45, 7) is 3.42. The first-order valence-electron chi connectivity index (χ1n) is 7.05. The van der Waals surface area contributed by atoms with Crippen molar-refractivity contribution in [2.75, 3.05) is 24.2 Å². The molecule has 0 saturated carbocycles. The first-order chi connectivity index (χ1) is 10.2. The van der Waals surface area contributed by atoms with Gasteiger partial charge in [0.15, 0.2) is 0 Å². The Bertz CT molecular complexity index is 554. The lowest BCUT2D eigenvalue weighted by Gasteiger charge is -2.32. The molecule has 0 heterocycles. The molecule has 112 valence electrons. The minimum absolute atomic E-state index is 0.0939. The molecule has 0 aliphatic rings. The van der Waals surface area contributed by atoms with Gasteiger partial charge in [-0.15, -0.1) is 11.8 Å². The van der Waals surface area contributed by atoms with Crippen LogP contribution in [0, 0.1) is 5.82 Å². The van der Waals surface area contributed by atoms with Crippen molar-refractivity contribution in [3.8, 4) is 0 Å². The van der Waals surface area contributed by atoms with Crippen LogP contribution in [0.4, 0.5) is 10.1 Å². The third kappa shape index (κ3) is 3.77. The fourth-order valence-electron chi connectivity index (χ4n) is 2.48. The number of nitrogens with two attached hydrogens (primary N) is 1. The number of nitrogens with zero attached hydrogens (tertiary/aromatic N) is 1. The zero-order chi connectivity index (χ0) is 15.2. The molecule has 2 aromatic rings. The van der Waals surface area contributed by atoms with Gasteiger partial charge in [0.1, 0.15) is 5.82 Å². The lowest BCUT2D eigenvalue weighted by Crippen LogP contribution is -2.33. The maximum absolute atomic E-state index is 13.1. The molecule has 2 rings (SSSR count). The predicted molar refractivity (Wildman–Crippen MR) is 89.4 cm³/mol. The van der Waals surface area contributed by atoms with Crippen molar-refractivity contribution < 1.29 is 4.39 Å². The standard InChI is InChI=1S/C17H21FN2S/c1-3-20(15-8-6-14(18)7-9-15)17(12-19)13-4-10-16(21-2)11-5-13/h4-11,17H,3,12,19H2,1-2H3. The smallest absolute Gasteiger partial charge is 0.123 e. The summed E-state index contributed by atoms with van der Waals surface area (Å²) < 4.78 is 13.1. The van der Waals surface area contributed by atoms with E-state index in [1.807, 2.05) is 0 Å². The van der Waals surface area contributed by atoms with Crippen molar-refractivity contribution in [1.82, 2.24) is 0 Å². The van der Waals surface area contributed by atoms with Gasteiger partial charge < -0.3 is 10.6 Å². The lowest BCUT2D eigenvalue weighted by molar-refractivity contribution is 0.622. The fourth-order valence-corrected chi connectivity index (χ4v) is 2.89. The quantitative estimate of drug-likeness (QED) is 0.816. The Kier molecular flexibility index (Phi) is 5.65. The van der Waals surface area contributed by atoms with E-state index in [0.717, 1.165) is 12.2 Å². The molecule has 1 unspecified atom stereocenters.